The second kappa shape index (κ2) is 9.22. The lowest BCUT2D eigenvalue weighted by Gasteiger charge is -2.44. The molecule has 0 spiro atoms. The van der Waals surface area contributed by atoms with Crippen molar-refractivity contribution in [2.45, 2.75) is 77.6 Å². The van der Waals surface area contributed by atoms with E-state index in [4.69, 9.17) is 9.97 Å². The van der Waals surface area contributed by atoms with Gasteiger partial charge in [-0.05, 0) is 81.1 Å². The van der Waals surface area contributed by atoms with E-state index in [0.717, 1.165) is 61.2 Å². The van der Waals surface area contributed by atoms with Crippen molar-refractivity contribution in [1.29, 1.82) is 0 Å². The number of carbonyl (C=O) groups excluding carboxylic acids is 1. The summed E-state index contributed by atoms with van der Waals surface area (Å²) in [5, 5.41) is 3.19. The van der Waals surface area contributed by atoms with Crippen molar-refractivity contribution in [3.8, 4) is 0 Å². The summed E-state index contributed by atoms with van der Waals surface area (Å²) in [5.41, 5.74) is 8.75. The van der Waals surface area contributed by atoms with E-state index in [1.165, 1.54) is 36.8 Å². The molecule has 4 aliphatic carbocycles. The number of hydrogen-bond donors (Lipinski definition) is 1. The highest BCUT2D eigenvalue weighted by Gasteiger charge is 2.40. The molecule has 1 saturated carbocycles. The summed E-state index contributed by atoms with van der Waals surface area (Å²) >= 11 is 0. The Morgan fingerprint density at radius 1 is 1.11 bits per heavy atom. The number of fused-ring (bicyclic) bond motifs is 4. The monoisotopic (exact) mass is 465 g/mol. The highest BCUT2D eigenvalue weighted by Crippen LogP contribution is 2.51. The zero-order chi connectivity index (χ0) is 23.8. The normalized spacial score (nSPS) is 24.9. The van der Waals surface area contributed by atoms with Gasteiger partial charge >= 0.3 is 0 Å². The minimum absolute atomic E-state index is 0.0151. The average Bonchev–Trinajstić information content (AvgIpc) is 2.84. The number of rotatable bonds is 5. The molecule has 0 saturated heterocycles. The van der Waals surface area contributed by atoms with Gasteiger partial charge in [-0.1, -0.05) is 66.6 Å². The molecule has 1 N–H and O–H groups in total. The third-order valence-corrected chi connectivity index (χ3v) is 8.35. The highest BCUT2D eigenvalue weighted by molar-refractivity contribution is 5.92. The van der Waals surface area contributed by atoms with E-state index in [1.54, 1.807) is 5.57 Å². The van der Waals surface area contributed by atoms with Crippen molar-refractivity contribution in [1.82, 2.24) is 9.97 Å². The third-order valence-electron chi connectivity index (χ3n) is 8.35. The second-order valence-electron chi connectivity index (χ2n) is 11.3. The highest BCUT2D eigenvalue weighted by atomic mass is 16.1. The van der Waals surface area contributed by atoms with Crippen LogP contribution in [0.4, 0.5) is 5.82 Å². The van der Waals surface area contributed by atoms with E-state index in [9.17, 15) is 4.79 Å². The SMILES string of the molecule is CC1CC2=CCCC(Cc3nc4c(nc3NC(=O)Cc3ccccc3)CCC3=C4C=CCC3)(C2)C1. The van der Waals surface area contributed by atoms with Crippen molar-refractivity contribution >= 4 is 17.3 Å². The summed E-state index contributed by atoms with van der Waals surface area (Å²) < 4.78 is 0. The van der Waals surface area contributed by atoms with Gasteiger partial charge in [0.25, 0.3) is 0 Å². The molecule has 180 valence electrons. The second-order valence-corrected chi connectivity index (χ2v) is 11.3. The molecule has 35 heavy (non-hydrogen) atoms. The number of amides is 1. The molecule has 1 amide bonds. The Morgan fingerprint density at radius 2 is 2.00 bits per heavy atom. The smallest absolute Gasteiger partial charge is 0.229 e. The zero-order valence-corrected chi connectivity index (χ0v) is 20.8. The van der Waals surface area contributed by atoms with Crippen LogP contribution in [0.15, 0.2) is 59.7 Å². The number of aromatic nitrogens is 2. The number of anilines is 1. The minimum atomic E-state index is -0.0151. The quantitative estimate of drug-likeness (QED) is 0.495. The van der Waals surface area contributed by atoms with E-state index in [0.29, 0.717) is 18.2 Å². The first-order valence-corrected chi connectivity index (χ1v) is 13.4. The fraction of sp³-hybridized carbons (Fsp3) is 0.452. The Morgan fingerprint density at radius 3 is 2.89 bits per heavy atom. The first-order chi connectivity index (χ1) is 17.1. The average molecular weight is 466 g/mol. The largest absolute Gasteiger partial charge is 0.309 e. The van der Waals surface area contributed by atoms with E-state index in [1.807, 2.05) is 30.3 Å². The van der Waals surface area contributed by atoms with Crippen LogP contribution in [0.25, 0.3) is 5.57 Å². The van der Waals surface area contributed by atoms with Gasteiger partial charge < -0.3 is 5.32 Å². The summed E-state index contributed by atoms with van der Waals surface area (Å²) in [6, 6.07) is 9.94. The molecule has 1 aromatic carbocycles. The molecule has 4 heteroatoms. The first kappa shape index (κ1) is 22.5. The van der Waals surface area contributed by atoms with Crippen molar-refractivity contribution in [2.24, 2.45) is 11.3 Å². The van der Waals surface area contributed by atoms with Gasteiger partial charge in [0.2, 0.25) is 5.91 Å². The summed E-state index contributed by atoms with van der Waals surface area (Å²) in [6.45, 7) is 2.39. The molecule has 1 fully saturated rings. The number of benzene rings is 1. The standard InChI is InChI=1S/C31H35N3O/c1-21-16-23-10-7-15-31(18-21,19-23)20-27-30(34-28(35)17-22-8-3-2-4-9-22)33-26-14-13-24-11-5-6-12-25(24)29(26)32-27/h2-4,6,8-10,12,21H,5,7,11,13-20H2,1H3,(H,33,34,35). The van der Waals surface area contributed by atoms with E-state index < -0.39 is 0 Å². The molecule has 0 aliphatic heterocycles. The van der Waals surface area contributed by atoms with Crippen LogP contribution >= 0.6 is 0 Å². The number of allylic oxidation sites excluding steroid dienone is 6. The molecule has 1 aromatic heterocycles. The Labute approximate surface area is 208 Å². The topological polar surface area (TPSA) is 54.9 Å². The third kappa shape index (κ3) is 4.63. The van der Waals surface area contributed by atoms with Crippen LogP contribution in [0.5, 0.6) is 0 Å². The number of aryl methyl sites for hydroxylation is 1. The molecular weight excluding hydrogens is 430 g/mol. The van der Waals surface area contributed by atoms with Crippen LogP contribution in [-0.4, -0.2) is 15.9 Å². The van der Waals surface area contributed by atoms with Crippen molar-refractivity contribution in [3.63, 3.8) is 0 Å². The fourth-order valence-corrected chi connectivity index (χ4v) is 6.95. The molecule has 4 aliphatic rings. The van der Waals surface area contributed by atoms with Crippen molar-refractivity contribution in [2.75, 3.05) is 5.32 Å². The summed E-state index contributed by atoms with van der Waals surface area (Å²) in [4.78, 5) is 23.5. The van der Waals surface area contributed by atoms with Gasteiger partial charge in [0, 0.05) is 5.57 Å². The lowest BCUT2D eigenvalue weighted by atomic mass is 9.61. The predicted molar refractivity (Wildman–Crippen MR) is 141 cm³/mol. The number of carbonyl (C=O) groups is 1. The van der Waals surface area contributed by atoms with Crippen LogP contribution in [0.3, 0.4) is 0 Å². The predicted octanol–water partition coefficient (Wildman–Crippen LogP) is 6.78. The lowest BCUT2D eigenvalue weighted by molar-refractivity contribution is -0.115. The van der Waals surface area contributed by atoms with Crippen LogP contribution in [0, 0.1) is 11.3 Å². The fourth-order valence-electron chi connectivity index (χ4n) is 6.95. The van der Waals surface area contributed by atoms with E-state index in [2.05, 4.69) is 30.5 Å². The van der Waals surface area contributed by atoms with Crippen LogP contribution in [0.2, 0.25) is 0 Å². The molecular formula is C31H35N3O. The van der Waals surface area contributed by atoms with Crippen LogP contribution in [0.1, 0.15) is 80.9 Å². The zero-order valence-electron chi connectivity index (χ0n) is 20.8. The molecule has 6 rings (SSSR count). The van der Waals surface area contributed by atoms with E-state index >= 15 is 0 Å². The summed E-state index contributed by atoms with van der Waals surface area (Å²) in [5.74, 6) is 1.38. The molecule has 2 atom stereocenters. The summed E-state index contributed by atoms with van der Waals surface area (Å²) in [6.07, 6.45) is 18.4. The van der Waals surface area contributed by atoms with Crippen molar-refractivity contribution in [3.05, 3.63) is 82.4 Å². The van der Waals surface area contributed by atoms with Crippen LogP contribution in [-0.2, 0) is 24.1 Å². The maximum Gasteiger partial charge on any atom is 0.229 e. The van der Waals surface area contributed by atoms with Gasteiger partial charge in [0.15, 0.2) is 5.82 Å². The Hall–Kier alpha value is -3.01. The number of nitrogens with one attached hydrogen (secondary N) is 1. The van der Waals surface area contributed by atoms with Gasteiger partial charge in [0.1, 0.15) is 0 Å². The number of hydrogen-bond acceptors (Lipinski definition) is 3. The summed E-state index contributed by atoms with van der Waals surface area (Å²) in [7, 11) is 0. The minimum Gasteiger partial charge on any atom is -0.309 e. The Kier molecular flexibility index (Phi) is 5.91. The maximum absolute atomic E-state index is 13.1. The van der Waals surface area contributed by atoms with E-state index in [-0.39, 0.29) is 11.3 Å². The van der Waals surface area contributed by atoms with Gasteiger partial charge in [-0.2, -0.15) is 0 Å². The Balaban J connectivity index is 1.36. The molecule has 0 radical (unpaired) electrons. The number of nitrogens with zero attached hydrogens (tertiary/aromatic N) is 2. The molecule has 4 nitrogen and oxygen atoms in total. The lowest BCUT2D eigenvalue weighted by Crippen LogP contribution is -2.34. The Bertz CT molecular complexity index is 1240. The molecule has 2 aromatic rings. The van der Waals surface area contributed by atoms with Gasteiger partial charge in [0.05, 0.1) is 23.5 Å². The van der Waals surface area contributed by atoms with Crippen molar-refractivity contribution < 1.29 is 4.79 Å². The maximum atomic E-state index is 13.1. The molecule has 1 heterocycles. The first-order valence-electron chi connectivity index (χ1n) is 13.4. The van der Waals surface area contributed by atoms with Gasteiger partial charge in [-0.3, -0.25) is 4.79 Å². The molecule has 2 bridgehead atoms. The van der Waals surface area contributed by atoms with Crippen LogP contribution < -0.4 is 5.32 Å². The van der Waals surface area contributed by atoms with Gasteiger partial charge in [-0.25, -0.2) is 9.97 Å². The molecule has 2 unspecified atom stereocenters. The van der Waals surface area contributed by atoms with Gasteiger partial charge in [-0.15, -0.1) is 0 Å².